The zero-order chi connectivity index (χ0) is 15.1. The minimum absolute atomic E-state index is 0.00873. The van der Waals surface area contributed by atoms with Gasteiger partial charge in [-0.15, -0.1) is 0 Å². The second-order valence-corrected chi connectivity index (χ2v) is 6.75. The van der Waals surface area contributed by atoms with E-state index in [2.05, 4.69) is 5.32 Å². The normalized spacial score (nSPS) is 28.7. The van der Waals surface area contributed by atoms with Gasteiger partial charge in [-0.25, -0.2) is 8.78 Å². The lowest BCUT2D eigenvalue weighted by atomic mass is 9.84. The number of hydrogen-bond acceptors (Lipinski definition) is 1. The third-order valence-electron chi connectivity index (χ3n) is 5.05. The van der Waals surface area contributed by atoms with Gasteiger partial charge in [0.25, 0.3) is 5.91 Å². The van der Waals surface area contributed by atoms with Crippen LogP contribution in [0.5, 0.6) is 0 Å². The third kappa shape index (κ3) is 2.78. The SMILES string of the molecule is C[C@H](NC(=O)c1cc(F)c(F)cc1Cl)[C@H]1C[C@@H]2CC[C@H]1C2. The first-order chi connectivity index (χ1) is 9.95. The molecule has 0 unspecified atom stereocenters. The number of carbonyl (C=O) groups is 1. The van der Waals surface area contributed by atoms with Gasteiger partial charge in [0.2, 0.25) is 0 Å². The highest BCUT2D eigenvalue weighted by molar-refractivity contribution is 6.33. The Hall–Kier alpha value is -1.16. The highest BCUT2D eigenvalue weighted by atomic mass is 35.5. The molecule has 0 radical (unpaired) electrons. The van der Waals surface area contributed by atoms with Gasteiger partial charge in [0.05, 0.1) is 10.6 Å². The van der Waals surface area contributed by atoms with Crippen molar-refractivity contribution in [2.45, 2.75) is 38.6 Å². The lowest BCUT2D eigenvalue weighted by molar-refractivity contribution is 0.0915. The van der Waals surface area contributed by atoms with Crippen LogP contribution in [0, 0.1) is 29.4 Å². The number of benzene rings is 1. The van der Waals surface area contributed by atoms with Gasteiger partial charge in [-0.3, -0.25) is 4.79 Å². The molecule has 1 aromatic rings. The van der Waals surface area contributed by atoms with Gasteiger partial charge in [-0.2, -0.15) is 0 Å². The Morgan fingerprint density at radius 2 is 2.00 bits per heavy atom. The fourth-order valence-corrected chi connectivity index (χ4v) is 4.23. The predicted molar refractivity (Wildman–Crippen MR) is 77.2 cm³/mol. The van der Waals surface area contributed by atoms with Crippen LogP contribution in [0.4, 0.5) is 8.78 Å². The maximum absolute atomic E-state index is 13.3. The fourth-order valence-electron chi connectivity index (χ4n) is 3.99. The van der Waals surface area contributed by atoms with Gasteiger partial charge >= 0.3 is 0 Å². The zero-order valence-corrected chi connectivity index (χ0v) is 12.6. The molecule has 0 aromatic heterocycles. The van der Waals surface area contributed by atoms with Gasteiger partial charge in [0.15, 0.2) is 11.6 Å². The van der Waals surface area contributed by atoms with Crippen molar-refractivity contribution < 1.29 is 13.6 Å². The fraction of sp³-hybridized carbons (Fsp3) is 0.562. The number of fused-ring (bicyclic) bond motifs is 2. The van der Waals surface area contributed by atoms with Crippen LogP contribution in [0.15, 0.2) is 12.1 Å². The van der Waals surface area contributed by atoms with Crippen molar-refractivity contribution in [2.24, 2.45) is 17.8 Å². The van der Waals surface area contributed by atoms with Crippen LogP contribution in [0.25, 0.3) is 0 Å². The molecule has 2 fully saturated rings. The Morgan fingerprint density at radius 3 is 2.62 bits per heavy atom. The molecular formula is C16H18ClF2NO. The zero-order valence-electron chi connectivity index (χ0n) is 11.8. The molecule has 21 heavy (non-hydrogen) atoms. The molecule has 5 heteroatoms. The van der Waals surface area contributed by atoms with Crippen molar-refractivity contribution in [3.05, 3.63) is 34.4 Å². The molecule has 2 aliphatic carbocycles. The first-order valence-corrected chi connectivity index (χ1v) is 7.79. The molecule has 2 saturated carbocycles. The van der Waals surface area contributed by atoms with E-state index in [1.54, 1.807) is 0 Å². The number of hydrogen-bond donors (Lipinski definition) is 1. The van der Waals surface area contributed by atoms with E-state index in [0.29, 0.717) is 11.8 Å². The van der Waals surface area contributed by atoms with Crippen molar-refractivity contribution in [1.29, 1.82) is 0 Å². The summed E-state index contributed by atoms with van der Waals surface area (Å²) in [4.78, 5) is 12.2. The van der Waals surface area contributed by atoms with Crippen LogP contribution in [0.1, 0.15) is 43.0 Å². The Morgan fingerprint density at radius 1 is 1.29 bits per heavy atom. The van der Waals surface area contributed by atoms with E-state index in [9.17, 15) is 13.6 Å². The van der Waals surface area contributed by atoms with Gasteiger partial charge < -0.3 is 5.32 Å². The van der Waals surface area contributed by atoms with E-state index in [1.165, 1.54) is 19.3 Å². The van der Waals surface area contributed by atoms with Crippen LogP contribution < -0.4 is 5.32 Å². The molecule has 0 aliphatic heterocycles. The number of rotatable bonds is 3. The lowest BCUT2D eigenvalue weighted by Crippen LogP contribution is -2.40. The van der Waals surface area contributed by atoms with E-state index < -0.39 is 17.5 Å². The lowest BCUT2D eigenvalue weighted by Gasteiger charge is -2.28. The summed E-state index contributed by atoms with van der Waals surface area (Å²) >= 11 is 5.83. The van der Waals surface area contributed by atoms with Crippen LogP contribution >= 0.6 is 11.6 Å². The second kappa shape index (κ2) is 5.56. The Balaban J connectivity index is 1.70. The van der Waals surface area contributed by atoms with Crippen LogP contribution in [-0.2, 0) is 0 Å². The summed E-state index contributed by atoms with van der Waals surface area (Å²) in [6.07, 6.45) is 4.95. The molecule has 2 bridgehead atoms. The van der Waals surface area contributed by atoms with Crippen LogP contribution in [0.3, 0.4) is 0 Å². The molecular weight excluding hydrogens is 296 g/mol. The van der Waals surface area contributed by atoms with Crippen molar-refractivity contribution in [3.8, 4) is 0 Å². The summed E-state index contributed by atoms with van der Waals surface area (Å²) in [5.41, 5.74) is -0.00873. The predicted octanol–water partition coefficient (Wildman–Crippen LogP) is 4.17. The minimum Gasteiger partial charge on any atom is -0.349 e. The summed E-state index contributed by atoms with van der Waals surface area (Å²) in [6.45, 7) is 1.98. The largest absolute Gasteiger partial charge is 0.349 e. The molecule has 2 nitrogen and oxygen atoms in total. The van der Waals surface area contributed by atoms with Crippen molar-refractivity contribution in [3.63, 3.8) is 0 Å². The summed E-state index contributed by atoms with van der Waals surface area (Å²) in [7, 11) is 0. The maximum Gasteiger partial charge on any atom is 0.253 e. The first-order valence-electron chi connectivity index (χ1n) is 7.41. The molecule has 0 saturated heterocycles. The molecule has 1 amide bonds. The highest BCUT2D eigenvalue weighted by Gasteiger charge is 2.42. The van der Waals surface area contributed by atoms with Gasteiger partial charge in [-0.05, 0) is 56.1 Å². The molecule has 1 N–H and O–H groups in total. The molecule has 0 spiro atoms. The van der Waals surface area contributed by atoms with Crippen molar-refractivity contribution in [2.75, 3.05) is 0 Å². The average Bonchev–Trinajstić information content (AvgIpc) is 3.05. The maximum atomic E-state index is 13.3. The molecule has 4 atom stereocenters. The van der Waals surface area contributed by atoms with E-state index in [1.807, 2.05) is 6.92 Å². The third-order valence-corrected chi connectivity index (χ3v) is 5.36. The van der Waals surface area contributed by atoms with Gasteiger partial charge in [0.1, 0.15) is 0 Å². The molecule has 3 rings (SSSR count). The monoisotopic (exact) mass is 313 g/mol. The number of amides is 1. The smallest absolute Gasteiger partial charge is 0.253 e. The summed E-state index contributed by atoms with van der Waals surface area (Å²) in [5.74, 6) is -0.572. The van der Waals surface area contributed by atoms with Gasteiger partial charge in [-0.1, -0.05) is 18.0 Å². The summed E-state index contributed by atoms with van der Waals surface area (Å²) in [6, 6.07) is 1.73. The average molecular weight is 314 g/mol. The first kappa shape index (κ1) is 14.8. The van der Waals surface area contributed by atoms with E-state index in [0.717, 1.165) is 24.5 Å². The van der Waals surface area contributed by atoms with E-state index in [4.69, 9.17) is 11.6 Å². The number of carbonyl (C=O) groups excluding carboxylic acids is 1. The van der Waals surface area contributed by atoms with Crippen LogP contribution in [-0.4, -0.2) is 11.9 Å². The topological polar surface area (TPSA) is 29.1 Å². The Bertz CT molecular complexity index is 578. The molecule has 114 valence electrons. The summed E-state index contributed by atoms with van der Waals surface area (Å²) in [5, 5.41) is 2.83. The van der Waals surface area contributed by atoms with E-state index >= 15 is 0 Å². The molecule has 1 aromatic carbocycles. The number of nitrogens with one attached hydrogen (secondary N) is 1. The van der Waals surface area contributed by atoms with E-state index in [-0.39, 0.29) is 16.6 Å². The Kier molecular flexibility index (Phi) is 3.91. The standard InChI is InChI=1S/C16H18ClF2NO/c1-8(11-5-9-2-3-10(11)4-9)20-16(21)12-6-14(18)15(19)7-13(12)17/h6-11H,2-5H2,1H3,(H,20,21)/t8-,9+,10-,11+/m0/s1. The molecule has 0 heterocycles. The minimum atomic E-state index is -1.06. The number of halogens is 3. The second-order valence-electron chi connectivity index (χ2n) is 6.35. The van der Waals surface area contributed by atoms with Gasteiger partial charge in [0, 0.05) is 6.04 Å². The summed E-state index contributed by atoms with van der Waals surface area (Å²) < 4.78 is 26.3. The molecule has 2 aliphatic rings. The van der Waals surface area contributed by atoms with Crippen molar-refractivity contribution >= 4 is 17.5 Å². The van der Waals surface area contributed by atoms with Crippen molar-refractivity contribution in [1.82, 2.24) is 5.32 Å². The Labute approximate surface area is 127 Å². The van der Waals surface area contributed by atoms with Crippen LogP contribution in [0.2, 0.25) is 5.02 Å². The quantitative estimate of drug-likeness (QED) is 0.834. The highest BCUT2D eigenvalue weighted by Crippen LogP contribution is 2.49.